The summed E-state index contributed by atoms with van der Waals surface area (Å²) in [5, 5.41) is 1.53. The molecular weight excluding hydrogens is 279 g/mol. The number of hydrogen-bond acceptors (Lipinski definition) is 2. The molecule has 0 aliphatic carbocycles. The molecule has 0 amide bonds. The van der Waals surface area contributed by atoms with Crippen molar-refractivity contribution in [3.8, 4) is 5.69 Å². The summed E-state index contributed by atoms with van der Waals surface area (Å²) in [6.45, 7) is 3.74. The molecule has 3 aromatic rings. The fourth-order valence-corrected chi connectivity index (χ4v) is 2.75. The van der Waals surface area contributed by atoms with Crippen LogP contribution in [0.2, 0.25) is 0 Å². The lowest BCUT2D eigenvalue weighted by Crippen LogP contribution is -2.26. The van der Waals surface area contributed by atoms with Gasteiger partial charge in [0.25, 0.3) is 5.56 Å². The molecule has 0 bridgehead atoms. The molecule has 0 radical (unpaired) electrons. The minimum atomic E-state index is -0.337. The van der Waals surface area contributed by atoms with E-state index < -0.39 is 0 Å². The minimum Gasteiger partial charge on any atom is -0.323 e. The van der Waals surface area contributed by atoms with E-state index in [0.717, 1.165) is 10.9 Å². The molecule has 112 valence electrons. The Morgan fingerprint density at radius 2 is 1.82 bits per heavy atom. The Morgan fingerprint density at radius 1 is 1.14 bits per heavy atom. The second-order valence-corrected chi connectivity index (χ2v) is 5.51. The Kier molecular flexibility index (Phi) is 3.54. The molecule has 22 heavy (non-hydrogen) atoms. The maximum absolute atomic E-state index is 13.2. The zero-order chi connectivity index (χ0) is 15.9. The first-order chi connectivity index (χ1) is 10.5. The Hall–Kier alpha value is -2.46. The third-order valence-electron chi connectivity index (χ3n) is 3.83. The first kappa shape index (κ1) is 14.5. The van der Waals surface area contributed by atoms with E-state index in [1.54, 1.807) is 16.7 Å². The highest BCUT2D eigenvalue weighted by molar-refractivity contribution is 5.85. The number of aryl methyl sites for hydroxylation is 1. The second-order valence-electron chi connectivity index (χ2n) is 5.51. The normalized spacial score (nSPS) is 12.5. The highest BCUT2D eigenvalue weighted by Gasteiger charge is 2.15. The van der Waals surface area contributed by atoms with Crippen molar-refractivity contribution < 1.29 is 4.39 Å². The fraction of sp³-hybridized carbons (Fsp3) is 0.167. The Labute approximate surface area is 127 Å². The van der Waals surface area contributed by atoms with Gasteiger partial charge in [-0.2, -0.15) is 0 Å². The summed E-state index contributed by atoms with van der Waals surface area (Å²) in [5.74, 6) is -0.337. The van der Waals surface area contributed by atoms with Crippen LogP contribution in [0.5, 0.6) is 0 Å². The van der Waals surface area contributed by atoms with Crippen molar-refractivity contribution in [3.05, 3.63) is 76.0 Å². The molecule has 3 nitrogen and oxygen atoms in total. The molecule has 2 aromatic carbocycles. The van der Waals surface area contributed by atoms with Gasteiger partial charge in [0.15, 0.2) is 0 Å². The SMILES string of the molecule is Cc1cccc2cc([C@H](C)N)n(-c3ccc(F)cc3)c(=O)c12. The smallest absolute Gasteiger partial charge is 0.263 e. The van der Waals surface area contributed by atoms with Gasteiger partial charge in [-0.05, 0) is 55.1 Å². The van der Waals surface area contributed by atoms with E-state index in [0.29, 0.717) is 16.8 Å². The third kappa shape index (κ3) is 2.31. The third-order valence-corrected chi connectivity index (χ3v) is 3.83. The molecule has 2 N–H and O–H groups in total. The van der Waals surface area contributed by atoms with Crippen LogP contribution in [-0.2, 0) is 0 Å². The van der Waals surface area contributed by atoms with Crippen molar-refractivity contribution in [2.45, 2.75) is 19.9 Å². The molecule has 3 rings (SSSR count). The van der Waals surface area contributed by atoms with Gasteiger partial charge in [-0.25, -0.2) is 4.39 Å². The topological polar surface area (TPSA) is 48.0 Å². The standard InChI is InChI=1S/C18H17FN2O/c1-11-4-3-5-13-10-16(12(2)20)21(18(22)17(11)13)15-8-6-14(19)7-9-15/h3-10,12H,20H2,1-2H3/t12-/m0/s1. The number of benzene rings is 2. The molecule has 0 aliphatic heterocycles. The minimum absolute atomic E-state index is 0.130. The summed E-state index contributed by atoms with van der Waals surface area (Å²) >= 11 is 0. The summed E-state index contributed by atoms with van der Waals surface area (Å²) in [6, 6.07) is 13.2. The fourth-order valence-electron chi connectivity index (χ4n) is 2.75. The van der Waals surface area contributed by atoms with E-state index in [2.05, 4.69) is 0 Å². The molecule has 0 aliphatic rings. The summed E-state index contributed by atoms with van der Waals surface area (Å²) in [7, 11) is 0. The van der Waals surface area contributed by atoms with Gasteiger partial charge in [0.2, 0.25) is 0 Å². The summed E-state index contributed by atoms with van der Waals surface area (Å²) in [4.78, 5) is 13.0. The van der Waals surface area contributed by atoms with Gasteiger partial charge in [0.1, 0.15) is 5.82 Å². The molecule has 0 saturated carbocycles. The number of halogens is 1. The van der Waals surface area contributed by atoms with Gasteiger partial charge in [0.05, 0.1) is 5.39 Å². The van der Waals surface area contributed by atoms with Crippen molar-refractivity contribution in [1.29, 1.82) is 0 Å². The highest BCUT2D eigenvalue weighted by atomic mass is 19.1. The van der Waals surface area contributed by atoms with Crippen LogP contribution in [0.4, 0.5) is 4.39 Å². The van der Waals surface area contributed by atoms with Crippen LogP contribution < -0.4 is 11.3 Å². The maximum Gasteiger partial charge on any atom is 0.263 e. The van der Waals surface area contributed by atoms with Crippen LogP contribution in [0.3, 0.4) is 0 Å². The van der Waals surface area contributed by atoms with Gasteiger partial charge in [0, 0.05) is 17.4 Å². The highest BCUT2D eigenvalue weighted by Crippen LogP contribution is 2.22. The maximum atomic E-state index is 13.2. The molecule has 1 atom stereocenters. The van der Waals surface area contributed by atoms with Crippen molar-refractivity contribution >= 4 is 10.8 Å². The molecular formula is C18H17FN2O. The van der Waals surface area contributed by atoms with Crippen LogP contribution in [-0.4, -0.2) is 4.57 Å². The first-order valence-corrected chi connectivity index (χ1v) is 7.16. The predicted octanol–water partition coefficient (Wildman–Crippen LogP) is 3.46. The number of hydrogen-bond donors (Lipinski definition) is 1. The van der Waals surface area contributed by atoms with Crippen LogP contribution in [0.25, 0.3) is 16.5 Å². The van der Waals surface area contributed by atoms with Crippen molar-refractivity contribution in [2.24, 2.45) is 5.73 Å². The summed E-state index contributed by atoms with van der Waals surface area (Å²) in [6.07, 6.45) is 0. The quantitative estimate of drug-likeness (QED) is 0.787. The Morgan fingerprint density at radius 3 is 2.45 bits per heavy atom. The van der Waals surface area contributed by atoms with Crippen molar-refractivity contribution in [2.75, 3.05) is 0 Å². The second kappa shape index (κ2) is 5.39. The Balaban J connectivity index is 2.43. The summed E-state index contributed by atoms with van der Waals surface area (Å²) in [5.41, 5.74) is 8.15. The van der Waals surface area contributed by atoms with E-state index in [4.69, 9.17) is 5.73 Å². The lowest BCUT2D eigenvalue weighted by Gasteiger charge is -2.18. The predicted molar refractivity (Wildman–Crippen MR) is 86.8 cm³/mol. The number of aromatic nitrogens is 1. The van der Waals surface area contributed by atoms with E-state index in [1.807, 2.05) is 38.1 Å². The van der Waals surface area contributed by atoms with Gasteiger partial charge < -0.3 is 5.73 Å². The number of fused-ring (bicyclic) bond motifs is 1. The number of nitrogens with two attached hydrogens (primary N) is 1. The van der Waals surface area contributed by atoms with E-state index >= 15 is 0 Å². The first-order valence-electron chi connectivity index (χ1n) is 7.16. The number of pyridine rings is 1. The van der Waals surface area contributed by atoms with Crippen LogP contribution in [0, 0.1) is 12.7 Å². The monoisotopic (exact) mass is 296 g/mol. The zero-order valence-electron chi connectivity index (χ0n) is 12.5. The van der Waals surface area contributed by atoms with Crippen molar-refractivity contribution in [1.82, 2.24) is 4.57 Å². The van der Waals surface area contributed by atoms with Gasteiger partial charge >= 0.3 is 0 Å². The molecule has 4 heteroatoms. The lowest BCUT2D eigenvalue weighted by molar-refractivity contribution is 0.627. The molecule has 0 fully saturated rings. The molecule has 0 saturated heterocycles. The molecule has 1 aromatic heterocycles. The molecule has 0 spiro atoms. The van der Waals surface area contributed by atoms with Gasteiger partial charge in [-0.1, -0.05) is 18.2 Å². The van der Waals surface area contributed by atoms with E-state index in [1.165, 1.54) is 12.1 Å². The lowest BCUT2D eigenvalue weighted by atomic mass is 10.0. The number of nitrogens with zero attached hydrogens (tertiary/aromatic N) is 1. The van der Waals surface area contributed by atoms with Crippen LogP contribution >= 0.6 is 0 Å². The van der Waals surface area contributed by atoms with Crippen LogP contribution in [0.1, 0.15) is 24.2 Å². The zero-order valence-corrected chi connectivity index (χ0v) is 12.5. The van der Waals surface area contributed by atoms with Gasteiger partial charge in [-0.3, -0.25) is 9.36 Å². The Bertz CT molecular complexity index is 895. The average Bonchev–Trinajstić information content (AvgIpc) is 2.48. The van der Waals surface area contributed by atoms with Crippen molar-refractivity contribution in [3.63, 3.8) is 0 Å². The largest absolute Gasteiger partial charge is 0.323 e. The average molecular weight is 296 g/mol. The van der Waals surface area contributed by atoms with E-state index in [-0.39, 0.29) is 17.4 Å². The molecule has 0 unspecified atom stereocenters. The number of rotatable bonds is 2. The summed E-state index contributed by atoms with van der Waals surface area (Å²) < 4.78 is 14.7. The van der Waals surface area contributed by atoms with Gasteiger partial charge in [-0.15, -0.1) is 0 Å². The molecule has 1 heterocycles. The van der Waals surface area contributed by atoms with Crippen LogP contribution in [0.15, 0.2) is 53.3 Å². The van der Waals surface area contributed by atoms with E-state index in [9.17, 15) is 9.18 Å².